The van der Waals surface area contributed by atoms with Crippen molar-refractivity contribution in [1.82, 2.24) is 0 Å². The number of hydrogen-bond acceptors (Lipinski definition) is 6. The lowest BCUT2D eigenvalue weighted by molar-refractivity contribution is -0.117. The molecule has 1 unspecified atom stereocenters. The van der Waals surface area contributed by atoms with E-state index in [-0.39, 0.29) is 33.4 Å². The molecule has 3 rings (SSSR count). The van der Waals surface area contributed by atoms with Crippen molar-refractivity contribution in [3.05, 3.63) is 35.4 Å². The van der Waals surface area contributed by atoms with Crippen molar-refractivity contribution in [1.29, 1.82) is 0 Å². The number of anilines is 2. The van der Waals surface area contributed by atoms with Gasteiger partial charge in [-0.1, -0.05) is 11.6 Å². The van der Waals surface area contributed by atoms with E-state index >= 15 is 0 Å². The molecule has 1 aliphatic rings. The van der Waals surface area contributed by atoms with Crippen LogP contribution in [0.3, 0.4) is 0 Å². The van der Waals surface area contributed by atoms with Gasteiger partial charge in [0.25, 0.3) is 10.0 Å². The highest BCUT2D eigenvalue weighted by Gasteiger charge is 2.28. The van der Waals surface area contributed by atoms with Gasteiger partial charge >= 0.3 is 0 Å². The van der Waals surface area contributed by atoms with Crippen molar-refractivity contribution in [3.63, 3.8) is 0 Å². The number of fused-ring (bicyclic) bond motifs is 1. The lowest BCUT2D eigenvalue weighted by atomic mass is 10.2. The molecule has 1 N–H and O–H groups in total. The molecular formula is C19H21ClN2O6S. The van der Waals surface area contributed by atoms with Crippen LogP contribution in [0.1, 0.15) is 13.8 Å². The molecule has 8 nitrogen and oxygen atoms in total. The first-order chi connectivity index (χ1) is 13.7. The highest BCUT2D eigenvalue weighted by Crippen LogP contribution is 2.39. The first-order valence-corrected chi connectivity index (χ1v) is 10.6. The third-order valence-electron chi connectivity index (χ3n) is 4.40. The molecule has 0 saturated heterocycles. The average molecular weight is 441 g/mol. The number of halogens is 1. The molecule has 0 radical (unpaired) electrons. The van der Waals surface area contributed by atoms with Crippen LogP contribution in [-0.4, -0.2) is 41.2 Å². The summed E-state index contributed by atoms with van der Waals surface area (Å²) in [6.07, 6.45) is -0.197. The topological polar surface area (TPSA) is 94.2 Å². The zero-order chi connectivity index (χ0) is 21.3. The molecule has 0 saturated carbocycles. The van der Waals surface area contributed by atoms with E-state index in [1.807, 2.05) is 6.92 Å². The molecule has 29 heavy (non-hydrogen) atoms. The quantitative estimate of drug-likeness (QED) is 0.766. The van der Waals surface area contributed by atoms with Gasteiger partial charge in [0.15, 0.2) is 0 Å². The Labute approximate surface area is 174 Å². The Hall–Kier alpha value is -2.65. The van der Waals surface area contributed by atoms with E-state index in [4.69, 9.17) is 25.8 Å². The maximum absolute atomic E-state index is 13.0. The summed E-state index contributed by atoms with van der Waals surface area (Å²) in [4.78, 5) is 13.5. The van der Waals surface area contributed by atoms with Crippen molar-refractivity contribution in [2.45, 2.75) is 24.8 Å². The minimum absolute atomic E-state index is 0.0309. The maximum Gasteiger partial charge on any atom is 0.262 e. The number of rotatable bonds is 5. The number of carbonyl (C=O) groups excluding carboxylic acids is 1. The predicted octanol–water partition coefficient (Wildman–Crippen LogP) is 3.29. The molecule has 1 aliphatic heterocycles. The molecule has 1 amide bonds. The molecule has 1 atom stereocenters. The molecule has 0 aliphatic carbocycles. The summed E-state index contributed by atoms with van der Waals surface area (Å²) < 4.78 is 44.6. The maximum atomic E-state index is 13.0. The Morgan fingerprint density at radius 2 is 1.90 bits per heavy atom. The fraction of sp³-hybridized carbons (Fsp3) is 0.316. The van der Waals surface area contributed by atoms with Crippen LogP contribution >= 0.6 is 11.6 Å². The van der Waals surface area contributed by atoms with Gasteiger partial charge in [-0.15, -0.1) is 0 Å². The fourth-order valence-corrected chi connectivity index (χ4v) is 4.34. The first-order valence-electron chi connectivity index (χ1n) is 8.69. The normalized spacial score (nSPS) is 15.9. The Kier molecular flexibility index (Phi) is 5.81. The Morgan fingerprint density at radius 1 is 1.21 bits per heavy atom. The number of amides is 1. The molecule has 1 heterocycles. The molecule has 0 fully saturated rings. The lowest BCUT2D eigenvalue weighted by Crippen LogP contribution is -2.41. The Balaban J connectivity index is 2.01. The van der Waals surface area contributed by atoms with Crippen LogP contribution in [0.4, 0.5) is 11.4 Å². The van der Waals surface area contributed by atoms with Crippen molar-refractivity contribution < 1.29 is 27.4 Å². The molecular weight excluding hydrogens is 420 g/mol. The second kappa shape index (κ2) is 8.00. The smallest absolute Gasteiger partial charge is 0.262 e. The van der Waals surface area contributed by atoms with Crippen LogP contribution in [0.5, 0.6) is 17.2 Å². The number of sulfonamides is 1. The van der Waals surface area contributed by atoms with Gasteiger partial charge in [0, 0.05) is 19.1 Å². The van der Waals surface area contributed by atoms with Crippen LogP contribution < -0.4 is 23.8 Å². The number of ether oxygens (including phenoxy) is 3. The number of hydrogen-bond donors (Lipinski definition) is 1. The average Bonchev–Trinajstić information content (AvgIpc) is 2.67. The van der Waals surface area contributed by atoms with Gasteiger partial charge < -0.3 is 19.1 Å². The molecule has 0 aromatic heterocycles. The van der Waals surface area contributed by atoms with Crippen molar-refractivity contribution in [2.75, 3.05) is 30.4 Å². The third-order valence-corrected chi connectivity index (χ3v) is 6.06. The molecule has 156 valence electrons. The van der Waals surface area contributed by atoms with Gasteiger partial charge in [0.05, 0.1) is 42.1 Å². The second-order valence-electron chi connectivity index (χ2n) is 6.48. The van der Waals surface area contributed by atoms with Crippen molar-refractivity contribution in [3.8, 4) is 17.2 Å². The van der Waals surface area contributed by atoms with E-state index in [0.29, 0.717) is 23.7 Å². The van der Waals surface area contributed by atoms with Crippen LogP contribution in [0.2, 0.25) is 5.02 Å². The van der Waals surface area contributed by atoms with E-state index in [9.17, 15) is 13.2 Å². The van der Waals surface area contributed by atoms with Crippen LogP contribution in [0, 0.1) is 0 Å². The molecule has 2 aromatic carbocycles. The molecule has 10 heteroatoms. The first kappa shape index (κ1) is 21.1. The number of methoxy groups -OCH3 is 2. The number of carbonyl (C=O) groups is 1. The van der Waals surface area contributed by atoms with Gasteiger partial charge in [-0.05, 0) is 25.1 Å². The van der Waals surface area contributed by atoms with Crippen molar-refractivity contribution in [2.24, 2.45) is 0 Å². The van der Waals surface area contributed by atoms with E-state index in [0.717, 1.165) is 0 Å². The summed E-state index contributed by atoms with van der Waals surface area (Å²) in [5.41, 5.74) is 0.568. The van der Waals surface area contributed by atoms with E-state index in [1.165, 1.54) is 56.4 Å². The molecule has 0 bridgehead atoms. The van der Waals surface area contributed by atoms with Gasteiger partial charge in [0.1, 0.15) is 23.4 Å². The fourth-order valence-electron chi connectivity index (χ4n) is 3.03. The molecule has 2 aromatic rings. The van der Waals surface area contributed by atoms with Crippen molar-refractivity contribution >= 4 is 38.9 Å². The zero-order valence-electron chi connectivity index (χ0n) is 16.4. The monoisotopic (exact) mass is 440 g/mol. The summed E-state index contributed by atoms with van der Waals surface area (Å²) >= 11 is 6.07. The Bertz CT molecular complexity index is 1060. The van der Waals surface area contributed by atoms with Crippen LogP contribution in [-0.2, 0) is 14.8 Å². The van der Waals surface area contributed by atoms with Gasteiger partial charge in [-0.3, -0.25) is 9.52 Å². The van der Waals surface area contributed by atoms with E-state index in [1.54, 1.807) is 0 Å². The van der Waals surface area contributed by atoms with Gasteiger partial charge in [-0.25, -0.2) is 8.42 Å². The largest absolute Gasteiger partial charge is 0.495 e. The predicted molar refractivity (Wildman–Crippen MR) is 110 cm³/mol. The highest BCUT2D eigenvalue weighted by atomic mass is 35.5. The standard InChI is InChI=1S/C19H21ClN2O6S/c1-11-10-22(12(2)23)16-7-13(5-6-17(16)28-11)29(24,25)21-15-9-18(26-3)14(20)8-19(15)27-4/h5-9,11,21H,10H2,1-4H3. The number of nitrogens with one attached hydrogen (secondary N) is 1. The minimum atomic E-state index is -4.00. The van der Waals surface area contributed by atoms with E-state index < -0.39 is 10.0 Å². The summed E-state index contributed by atoms with van der Waals surface area (Å²) in [5, 5.41) is 0.282. The molecule has 0 spiro atoms. The number of nitrogens with zero attached hydrogens (tertiary/aromatic N) is 1. The lowest BCUT2D eigenvalue weighted by Gasteiger charge is -2.33. The minimum Gasteiger partial charge on any atom is -0.495 e. The third kappa shape index (κ3) is 4.20. The zero-order valence-corrected chi connectivity index (χ0v) is 17.9. The summed E-state index contributed by atoms with van der Waals surface area (Å²) in [5.74, 6) is 0.775. The van der Waals surface area contributed by atoms with Crippen LogP contribution in [0.15, 0.2) is 35.2 Å². The highest BCUT2D eigenvalue weighted by molar-refractivity contribution is 7.92. The summed E-state index contributed by atoms with van der Waals surface area (Å²) in [6, 6.07) is 7.25. The van der Waals surface area contributed by atoms with E-state index in [2.05, 4.69) is 4.72 Å². The summed E-state index contributed by atoms with van der Waals surface area (Å²) in [7, 11) is -1.18. The van der Waals surface area contributed by atoms with Crippen LogP contribution in [0.25, 0.3) is 0 Å². The second-order valence-corrected chi connectivity index (χ2v) is 8.57. The summed E-state index contributed by atoms with van der Waals surface area (Å²) in [6.45, 7) is 3.60. The number of benzene rings is 2. The van der Waals surface area contributed by atoms with Gasteiger partial charge in [0.2, 0.25) is 5.91 Å². The Morgan fingerprint density at radius 3 is 2.52 bits per heavy atom. The van der Waals surface area contributed by atoms with Gasteiger partial charge in [-0.2, -0.15) is 0 Å². The SMILES string of the molecule is COc1cc(NS(=O)(=O)c2ccc3c(c2)N(C(C)=O)CC(C)O3)c(OC)cc1Cl.